The van der Waals surface area contributed by atoms with Crippen molar-refractivity contribution in [2.45, 2.75) is 46.1 Å². The van der Waals surface area contributed by atoms with Gasteiger partial charge < -0.3 is 5.32 Å². The molecule has 1 aromatic rings. The van der Waals surface area contributed by atoms with Gasteiger partial charge in [0.05, 0.1) is 4.92 Å². The minimum absolute atomic E-state index is 0.0312. The molecular weight excluding hydrogens is 218 g/mol. The molecule has 0 radical (unpaired) electrons. The highest BCUT2D eigenvalue weighted by Crippen LogP contribution is 2.27. The third-order valence-electron chi connectivity index (χ3n) is 3.19. The van der Waals surface area contributed by atoms with E-state index >= 15 is 0 Å². The fourth-order valence-corrected chi connectivity index (χ4v) is 1.50. The lowest BCUT2D eigenvalue weighted by atomic mass is 9.95. The molecular formula is C12H19N3O2. The molecule has 1 heterocycles. The molecule has 0 aliphatic heterocycles. The molecule has 0 saturated heterocycles. The standard InChI is InChI=1S/C12H19N3O2/c1-5-12(4,6-2)14-11-10(15(16)17)8-7-9(3)13-11/h7-8H,5-6H2,1-4H3,(H,13,14). The van der Waals surface area contributed by atoms with Crippen LogP contribution < -0.4 is 5.32 Å². The molecule has 0 amide bonds. The summed E-state index contributed by atoms with van der Waals surface area (Å²) in [5, 5.41) is 14.1. The molecule has 1 rings (SSSR count). The number of hydrogen-bond donors (Lipinski definition) is 1. The molecule has 5 nitrogen and oxygen atoms in total. The molecule has 0 unspecified atom stereocenters. The van der Waals surface area contributed by atoms with E-state index in [0.717, 1.165) is 18.5 Å². The Labute approximate surface area is 101 Å². The Hall–Kier alpha value is -1.65. The fourth-order valence-electron chi connectivity index (χ4n) is 1.50. The van der Waals surface area contributed by atoms with Crippen molar-refractivity contribution in [2.24, 2.45) is 0 Å². The Morgan fingerprint density at radius 3 is 2.47 bits per heavy atom. The summed E-state index contributed by atoms with van der Waals surface area (Å²) in [6.45, 7) is 7.97. The lowest BCUT2D eigenvalue weighted by Gasteiger charge is -2.28. The highest BCUT2D eigenvalue weighted by molar-refractivity contribution is 5.57. The molecule has 5 heteroatoms. The second-order valence-corrected chi connectivity index (χ2v) is 4.47. The van der Waals surface area contributed by atoms with Crippen molar-refractivity contribution < 1.29 is 4.92 Å². The zero-order valence-electron chi connectivity index (χ0n) is 10.8. The fraction of sp³-hybridized carbons (Fsp3) is 0.583. The number of nitrogens with one attached hydrogen (secondary N) is 1. The Kier molecular flexibility index (Phi) is 4.04. The summed E-state index contributed by atoms with van der Waals surface area (Å²) in [7, 11) is 0. The number of aromatic nitrogens is 1. The minimum Gasteiger partial charge on any atom is -0.359 e. The molecule has 1 aromatic heterocycles. The number of nitrogens with zero attached hydrogens (tertiary/aromatic N) is 2. The van der Waals surface area contributed by atoms with E-state index in [1.54, 1.807) is 6.07 Å². The first-order valence-electron chi connectivity index (χ1n) is 5.82. The Morgan fingerprint density at radius 2 is 2.00 bits per heavy atom. The first-order chi connectivity index (χ1) is 7.91. The van der Waals surface area contributed by atoms with E-state index in [1.807, 2.05) is 13.8 Å². The minimum atomic E-state index is -0.402. The monoisotopic (exact) mass is 237 g/mol. The van der Waals surface area contributed by atoms with Gasteiger partial charge in [-0.3, -0.25) is 10.1 Å². The highest BCUT2D eigenvalue weighted by Gasteiger charge is 2.24. The van der Waals surface area contributed by atoms with Crippen LogP contribution in [0.2, 0.25) is 0 Å². The first kappa shape index (κ1) is 13.4. The van der Waals surface area contributed by atoms with Crippen LogP contribution in [-0.2, 0) is 0 Å². The van der Waals surface area contributed by atoms with Gasteiger partial charge in [-0.2, -0.15) is 0 Å². The summed E-state index contributed by atoms with van der Waals surface area (Å²) in [6.07, 6.45) is 1.77. The molecule has 0 bridgehead atoms. The van der Waals surface area contributed by atoms with Crippen LogP contribution >= 0.6 is 0 Å². The average Bonchev–Trinajstić information content (AvgIpc) is 2.28. The zero-order chi connectivity index (χ0) is 13.1. The highest BCUT2D eigenvalue weighted by atomic mass is 16.6. The Morgan fingerprint density at radius 1 is 1.41 bits per heavy atom. The lowest BCUT2D eigenvalue weighted by Crippen LogP contribution is -2.33. The maximum atomic E-state index is 10.9. The van der Waals surface area contributed by atoms with E-state index in [2.05, 4.69) is 24.1 Å². The Bertz CT molecular complexity index is 414. The number of anilines is 1. The van der Waals surface area contributed by atoms with Gasteiger partial charge in [0.2, 0.25) is 5.82 Å². The van der Waals surface area contributed by atoms with Crippen LogP contribution in [0.15, 0.2) is 12.1 Å². The van der Waals surface area contributed by atoms with Crippen molar-refractivity contribution >= 4 is 11.5 Å². The van der Waals surface area contributed by atoms with Gasteiger partial charge in [0.1, 0.15) is 0 Å². The zero-order valence-corrected chi connectivity index (χ0v) is 10.8. The molecule has 94 valence electrons. The van der Waals surface area contributed by atoms with Crippen molar-refractivity contribution in [3.8, 4) is 0 Å². The molecule has 0 fully saturated rings. The van der Waals surface area contributed by atoms with Crippen molar-refractivity contribution in [1.82, 2.24) is 4.98 Å². The van der Waals surface area contributed by atoms with Gasteiger partial charge in [-0.15, -0.1) is 0 Å². The quantitative estimate of drug-likeness (QED) is 0.630. The third kappa shape index (κ3) is 3.15. The summed E-state index contributed by atoms with van der Waals surface area (Å²) in [4.78, 5) is 14.7. The topological polar surface area (TPSA) is 68.1 Å². The van der Waals surface area contributed by atoms with Gasteiger partial charge in [0, 0.05) is 17.3 Å². The van der Waals surface area contributed by atoms with E-state index in [9.17, 15) is 10.1 Å². The average molecular weight is 237 g/mol. The van der Waals surface area contributed by atoms with E-state index in [4.69, 9.17) is 0 Å². The van der Waals surface area contributed by atoms with E-state index < -0.39 is 4.92 Å². The van der Waals surface area contributed by atoms with E-state index in [-0.39, 0.29) is 11.2 Å². The summed E-state index contributed by atoms with van der Waals surface area (Å²) < 4.78 is 0. The van der Waals surface area contributed by atoms with Crippen LogP contribution in [0.25, 0.3) is 0 Å². The molecule has 1 N–H and O–H groups in total. The van der Waals surface area contributed by atoms with Crippen LogP contribution in [0.1, 0.15) is 39.3 Å². The van der Waals surface area contributed by atoms with Gasteiger partial charge in [0.25, 0.3) is 0 Å². The molecule has 0 aliphatic rings. The van der Waals surface area contributed by atoms with Gasteiger partial charge in [-0.05, 0) is 32.8 Å². The SMILES string of the molecule is CCC(C)(CC)Nc1nc(C)ccc1[N+](=O)[O-]. The van der Waals surface area contributed by atoms with Gasteiger partial charge in [-0.1, -0.05) is 13.8 Å². The third-order valence-corrected chi connectivity index (χ3v) is 3.19. The van der Waals surface area contributed by atoms with Crippen LogP contribution in [0.5, 0.6) is 0 Å². The van der Waals surface area contributed by atoms with Crippen LogP contribution in [0, 0.1) is 17.0 Å². The molecule has 0 aromatic carbocycles. The summed E-state index contributed by atoms with van der Waals surface area (Å²) in [6, 6.07) is 3.15. The molecule has 17 heavy (non-hydrogen) atoms. The number of aryl methyl sites for hydroxylation is 1. The molecule has 0 atom stereocenters. The molecule has 0 spiro atoms. The summed E-state index contributed by atoms with van der Waals surface area (Å²) in [5.74, 6) is 0.362. The predicted octanol–water partition coefficient (Wildman–Crippen LogP) is 3.29. The van der Waals surface area contributed by atoms with Crippen molar-refractivity contribution in [3.63, 3.8) is 0 Å². The van der Waals surface area contributed by atoms with Crippen LogP contribution in [-0.4, -0.2) is 15.4 Å². The maximum Gasteiger partial charge on any atom is 0.311 e. The first-order valence-corrected chi connectivity index (χ1v) is 5.82. The van der Waals surface area contributed by atoms with Crippen LogP contribution in [0.3, 0.4) is 0 Å². The van der Waals surface area contributed by atoms with Crippen molar-refractivity contribution in [1.29, 1.82) is 0 Å². The molecule has 0 aliphatic carbocycles. The van der Waals surface area contributed by atoms with Crippen molar-refractivity contribution in [3.05, 3.63) is 27.9 Å². The largest absolute Gasteiger partial charge is 0.359 e. The van der Waals surface area contributed by atoms with Crippen LogP contribution in [0.4, 0.5) is 11.5 Å². The second kappa shape index (κ2) is 5.12. The number of rotatable bonds is 5. The number of pyridine rings is 1. The van der Waals surface area contributed by atoms with Gasteiger partial charge >= 0.3 is 5.69 Å². The summed E-state index contributed by atoms with van der Waals surface area (Å²) in [5.41, 5.74) is 0.641. The Balaban J connectivity index is 3.12. The normalized spacial score (nSPS) is 11.3. The summed E-state index contributed by atoms with van der Waals surface area (Å²) >= 11 is 0. The smallest absolute Gasteiger partial charge is 0.311 e. The number of nitro groups is 1. The van der Waals surface area contributed by atoms with Gasteiger partial charge in [0.15, 0.2) is 0 Å². The van der Waals surface area contributed by atoms with Gasteiger partial charge in [-0.25, -0.2) is 4.98 Å². The lowest BCUT2D eigenvalue weighted by molar-refractivity contribution is -0.384. The van der Waals surface area contributed by atoms with E-state index in [0.29, 0.717) is 5.82 Å². The molecule has 0 saturated carbocycles. The second-order valence-electron chi connectivity index (χ2n) is 4.47. The maximum absolute atomic E-state index is 10.9. The number of hydrogen-bond acceptors (Lipinski definition) is 4. The van der Waals surface area contributed by atoms with Crippen molar-refractivity contribution in [2.75, 3.05) is 5.32 Å². The van der Waals surface area contributed by atoms with E-state index in [1.165, 1.54) is 6.07 Å². The predicted molar refractivity (Wildman–Crippen MR) is 68.2 cm³/mol.